The van der Waals surface area contributed by atoms with Crippen molar-refractivity contribution in [3.05, 3.63) is 65.7 Å². The van der Waals surface area contributed by atoms with Crippen molar-refractivity contribution >= 4 is 31.3 Å². The lowest BCUT2D eigenvalue weighted by Gasteiger charge is -2.37. The molecule has 0 aliphatic carbocycles. The summed E-state index contributed by atoms with van der Waals surface area (Å²) in [5.74, 6) is -1.37. The van der Waals surface area contributed by atoms with E-state index in [1.807, 2.05) is 42.5 Å². The molecule has 7 nitrogen and oxygen atoms in total. The second-order valence-corrected chi connectivity index (χ2v) is 13.8. The van der Waals surface area contributed by atoms with Crippen LogP contribution in [0.25, 0.3) is 0 Å². The fourth-order valence-electron chi connectivity index (χ4n) is 4.50. The van der Waals surface area contributed by atoms with Crippen molar-refractivity contribution in [2.75, 3.05) is 20.8 Å². The van der Waals surface area contributed by atoms with E-state index in [1.165, 1.54) is 7.11 Å². The number of rotatable bonds is 11. The Morgan fingerprint density at radius 2 is 1.47 bits per heavy atom. The summed E-state index contributed by atoms with van der Waals surface area (Å²) in [7, 11) is 0.845. The summed E-state index contributed by atoms with van der Waals surface area (Å²) >= 11 is 0. The van der Waals surface area contributed by atoms with Gasteiger partial charge in [0.05, 0.1) is 13.7 Å². The minimum atomic E-state index is -2.20. The molecule has 0 unspecified atom stereocenters. The summed E-state index contributed by atoms with van der Waals surface area (Å²) in [6, 6.07) is 15.9. The molecule has 2 amide bonds. The molecule has 8 heteroatoms. The molecule has 1 atom stereocenters. The number of esters is 1. The van der Waals surface area contributed by atoms with Gasteiger partial charge in [0.1, 0.15) is 6.04 Å². The molecule has 0 heterocycles. The molecule has 0 saturated carbocycles. The van der Waals surface area contributed by atoms with Gasteiger partial charge in [-0.05, 0) is 34.0 Å². The third kappa shape index (κ3) is 6.54. The third-order valence-corrected chi connectivity index (χ3v) is 11.5. The van der Waals surface area contributed by atoms with Gasteiger partial charge in [0.25, 0.3) is 5.91 Å². The Bertz CT molecular complexity index is 953. The Morgan fingerprint density at radius 3 is 1.97 bits per heavy atom. The van der Waals surface area contributed by atoms with Gasteiger partial charge in [0, 0.05) is 19.1 Å². The highest BCUT2D eigenvalue weighted by atomic mass is 28.4. The van der Waals surface area contributed by atoms with Crippen LogP contribution in [0.2, 0.25) is 11.1 Å². The van der Waals surface area contributed by atoms with E-state index in [0.29, 0.717) is 23.1 Å². The van der Waals surface area contributed by atoms with E-state index in [0.717, 1.165) is 10.8 Å². The maximum absolute atomic E-state index is 12.6. The van der Waals surface area contributed by atoms with Gasteiger partial charge in [0.15, 0.2) is 0 Å². The van der Waals surface area contributed by atoms with Crippen LogP contribution in [0.5, 0.6) is 0 Å². The van der Waals surface area contributed by atoms with Gasteiger partial charge < -0.3 is 19.8 Å². The lowest BCUT2D eigenvalue weighted by molar-refractivity contribution is -0.144. The molecule has 0 radical (unpaired) electrons. The first-order valence-corrected chi connectivity index (χ1v) is 13.6. The van der Waals surface area contributed by atoms with Crippen LogP contribution >= 0.6 is 0 Å². The first kappa shape index (κ1) is 27.3. The van der Waals surface area contributed by atoms with E-state index < -0.39 is 26.2 Å². The fourth-order valence-corrected chi connectivity index (χ4v) is 9.03. The van der Waals surface area contributed by atoms with Crippen molar-refractivity contribution in [3.63, 3.8) is 0 Å². The number of ether oxygens (including phenoxy) is 1. The van der Waals surface area contributed by atoms with Crippen LogP contribution in [0.15, 0.2) is 54.6 Å². The topological polar surface area (TPSA) is 93.7 Å². The lowest BCUT2D eigenvalue weighted by Crippen LogP contribution is -2.55. The number of amides is 2. The standard InChI is InChI=1S/C26H36N2O5Si/c1-18(2)34(33-6,19(3)4)22-14-12-21(13-15-22)25(30)27-17-24(29)28-23(26(31)32-5)16-20-10-8-7-9-11-20/h7-15,18-19,23H,16-17H2,1-6H3,(H,27,30)(H,28,29)/t23-/m0/s1. The normalized spacial score (nSPS) is 12.4. The molecular formula is C26H36N2O5Si. The quantitative estimate of drug-likeness (QED) is 0.378. The van der Waals surface area contributed by atoms with Crippen LogP contribution in [0, 0.1) is 0 Å². The molecule has 0 aliphatic rings. The molecule has 2 rings (SSSR count). The Balaban J connectivity index is 2.01. The minimum absolute atomic E-state index is 0.252. The van der Waals surface area contributed by atoms with E-state index in [9.17, 15) is 14.4 Å². The van der Waals surface area contributed by atoms with Gasteiger partial charge in [-0.1, -0.05) is 70.2 Å². The average Bonchev–Trinajstić information content (AvgIpc) is 2.83. The molecule has 0 aromatic heterocycles. The number of nitrogens with one attached hydrogen (secondary N) is 2. The van der Waals surface area contributed by atoms with Crippen LogP contribution in [0.3, 0.4) is 0 Å². The highest BCUT2D eigenvalue weighted by Gasteiger charge is 2.43. The van der Waals surface area contributed by atoms with E-state index in [2.05, 4.69) is 38.3 Å². The number of hydrogen-bond acceptors (Lipinski definition) is 5. The molecule has 0 saturated heterocycles. The second kappa shape index (κ2) is 12.5. The van der Waals surface area contributed by atoms with Crippen LogP contribution in [0.4, 0.5) is 0 Å². The van der Waals surface area contributed by atoms with Crippen molar-refractivity contribution in [1.29, 1.82) is 0 Å². The molecule has 0 fully saturated rings. The molecule has 184 valence electrons. The number of carbonyl (C=O) groups is 3. The molecular weight excluding hydrogens is 448 g/mol. The molecule has 0 aliphatic heterocycles. The number of benzene rings is 2. The molecule has 2 aromatic carbocycles. The molecule has 34 heavy (non-hydrogen) atoms. The van der Waals surface area contributed by atoms with Gasteiger partial charge in [-0.25, -0.2) is 4.79 Å². The first-order valence-electron chi connectivity index (χ1n) is 11.5. The maximum atomic E-state index is 12.6. The zero-order valence-corrected chi connectivity index (χ0v) is 21.9. The summed E-state index contributed by atoms with van der Waals surface area (Å²) in [6.45, 7) is 8.45. The highest BCUT2D eigenvalue weighted by Crippen LogP contribution is 2.32. The van der Waals surface area contributed by atoms with Crippen molar-refractivity contribution < 1.29 is 23.5 Å². The molecule has 2 N–H and O–H groups in total. The van der Waals surface area contributed by atoms with E-state index in [1.54, 1.807) is 19.2 Å². The zero-order chi connectivity index (χ0) is 25.3. The van der Waals surface area contributed by atoms with Crippen molar-refractivity contribution in [1.82, 2.24) is 10.6 Å². The average molecular weight is 485 g/mol. The van der Waals surface area contributed by atoms with Gasteiger partial charge in [0.2, 0.25) is 14.2 Å². The number of hydrogen-bond donors (Lipinski definition) is 2. The van der Waals surface area contributed by atoms with Crippen molar-refractivity contribution in [2.45, 2.75) is 51.2 Å². The van der Waals surface area contributed by atoms with Gasteiger partial charge in [-0.15, -0.1) is 0 Å². The summed E-state index contributed by atoms with van der Waals surface area (Å²) in [6.07, 6.45) is 0.297. The summed E-state index contributed by atoms with van der Waals surface area (Å²) in [5, 5.41) is 6.40. The van der Waals surface area contributed by atoms with Gasteiger partial charge >= 0.3 is 5.97 Å². The SMILES string of the molecule is COC(=O)[C@H](Cc1ccccc1)NC(=O)CNC(=O)c1ccc([Si](OC)(C(C)C)C(C)C)cc1. The Kier molecular flexibility index (Phi) is 10.0. The van der Waals surface area contributed by atoms with Crippen molar-refractivity contribution in [3.8, 4) is 0 Å². The summed E-state index contributed by atoms with van der Waals surface area (Å²) < 4.78 is 10.9. The number of methoxy groups -OCH3 is 1. The Hall–Kier alpha value is -2.97. The largest absolute Gasteiger partial charge is 0.467 e. The maximum Gasteiger partial charge on any atom is 0.328 e. The van der Waals surface area contributed by atoms with Gasteiger partial charge in [-0.3, -0.25) is 9.59 Å². The van der Waals surface area contributed by atoms with Gasteiger partial charge in [-0.2, -0.15) is 0 Å². The van der Waals surface area contributed by atoms with E-state index >= 15 is 0 Å². The summed E-state index contributed by atoms with van der Waals surface area (Å²) in [4.78, 5) is 37.2. The predicted octanol–water partition coefficient (Wildman–Crippen LogP) is 2.94. The Morgan fingerprint density at radius 1 is 0.882 bits per heavy atom. The van der Waals surface area contributed by atoms with E-state index in [4.69, 9.17) is 9.16 Å². The van der Waals surface area contributed by atoms with Crippen LogP contribution in [-0.2, 0) is 25.2 Å². The summed E-state index contributed by atoms with van der Waals surface area (Å²) in [5.41, 5.74) is 2.09. The lowest BCUT2D eigenvalue weighted by atomic mass is 10.1. The first-order chi connectivity index (χ1) is 16.1. The monoisotopic (exact) mass is 484 g/mol. The second-order valence-electron chi connectivity index (χ2n) is 8.90. The van der Waals surface area contributed by atoms with Crippen LogP contribution in [0.1, 0.15) is 43.6 Å². The predicted molar refractivity (Wildman–Crippen MR) is 135 cm³/mol. The fraction of sp³-hybridized carbons (Fsp3) is 0.423. The minimum Gasteiger partial charge on any atom is -0.467 e. The Labute approximate surface area is 203 Å². The van der Waals surface area contributed by atoms with E-state index in [-0.39, 0.29) is 12.5 Å². The van der Waals surface area contributed by atoms with Crippen molar-refractivity contribution in [2.24, 2.45) is 0 Å². The zero-order valence-electron chi connectivity index (χ0n) is 20.9. The molecule has 2 aromatic rings. The molecule has 0 spiro atoms. The molecule has 0 bridgehead atoms. The van der Waals surface area contributed by atoms with Crippen LogP contribution < -0.4 is 15.8 Å². The highest BCUT2D eigenvalue weighted by molar-refractivity contribution is 6.88. The smallest absolute Gasteiger partial charge is 0.328 e. The third-order valence-electron chi connectivity index (χ3n) is 6.16. The number of carbonyl (C=O) groups excluding carboxylic acids is 3. The van der Waals surface area contributed by atoms with Crippen LogP contribution in [-0.4, -0.2) is 52.9 Å².